The monoisotopic (exact) mass is 301 g/mol. The minimum atomic E-state index is -3.76. The second-order valence-electron chi connectivity index (χ2n) is 4.18. The van der Waals surface area contributed by atoms with Crippen molar-refractivity contribution >= 4 is 10.0 Å². The molecule has 0 atom stereocenters. The second-order valence-corrected chi connectivity index (χ2v) is 5.88. The lowest BCUT2D eigenvalue weighted by atomic mass is 10.2. The molecule has 0 saturated carbocycles. The molecule has 0 unspecified atom stereocenters. The van der Waals surface area contributed by atoms with Crippen LogP contribution in [0.1, 0.15) is 22.9 Å². The molecule has 0 amide bonds. The van der Waals surface area contributed by atoms with Crippen molar-refractivity contribution in [2.24, 2.45) is 0 Å². The van der Waals surface area contributed by atoms with Crippen LogP contribution in [-0.4, -0.2) is 30.2 Å². The molecule has 0 radical (unpaired) electrons. The number of aryl methyl sites for hydroxylation is 2. The van der Waals surface area contributed by atoms with Gasteiger partial charge in [-0.25, -0.2) is 13.1 Å². The number of nitrogens with zero attached hydrogens (tertiary/aromatic N) is 2. The van der Waals surface area contributed by atoms with Gasteiger partial charge in [0.1, 0.15) is 16.4 Å². The molecule has 0 saturated heterocycles. The molecule has 0 aliphatic carbocycles. The lowest BCUT2D eigenvalue weighted by Gasteiger charge is -2.06. The first-order chi connectivity index (χ1) is 9.45. The minimum Gasteiger partial charge on any atom is -0.465 e. The molecule has 0 bridgehead atoms. The van der Waals surface area contributed by atoms with E-state index in [0.717, 1.165) is 0 Å². The Bertz CT molecular complexity index is 675. The van der Waals surface area contributed by atoms with E-state index < -0.39 is 16.6 Å². The summed E-state index contributed by atoms with van der Waals surface area (Å²) in [6, 6.07) is 0. The highest BCUT2D eigenvalue weighted by molar-refractivity contribution is 7.89. The molecule has 0 fully saturated rings. The van der Waals surface area contributed by atoms with Crippen molar-refractivity contribution in [3.05, 3.63) is 29.3 Å². The number of furan rings is 1. The molecule has 2 heterocycles. The van der Waals surface area contributed by atoms with Crippen LogP contribution in [0.2, 0.25) is 0 Å². The van der Waals surface area contributed by atoms with Crippen LogP contribution in [0, 0.1) is 13.8 Å². The van der Waals surface area contributed by atoms with E-state index in [1.807, 2.05) is 0 Å². The third-order valence-electron chi connectivity index (χ3n) is 2.80. The molecule has 0 aliphatic rings. The highest BCUT2D eigenvalue weighted by Crippen LogP contribution is 2.26. The first-order valence-corrected chi connectivity index (χ1v) is 7.38. The lowest BCUT2D eigenvalue weighted by Crippen LogP contribution is -2.27. The molecular formula is C11H15N3O5S. The van der Waals surface area contributed by atoms with Gasteiger partial charge in [-0.2, -0.15) is 4.98 Å². The van der Waals surface area contributed by atoms with Crippen LogP contribution in [0.25, 0.3) is 0 Å². The predicted molar refractivity (Wildman–Crippen MR) is 67.3 cm³/mol. The molecule has 2 aromatic heterocycles. The number of nitrogens with one attached hydrogen (secondary N) is 1. The highest BCUT2D eigenvalue weighted by atomic mass is 32.2. The summed E-state index contributed by atoms with van der Waals surface area (Å²) in [5.74, 6) is 1.05. The Morgan fingerprint density at radius 1 is 1.35 bits per heavy atom. The number of aliphatic hydroxyl groups excluding tert-OH is 1. The lowest BCUT2D eigenvalue weighted by molar-refractivity contribution is 0.276. The van der Waals surface area contributed by atoms with E-state index >= 15 is 0 Å². The fourth-order valence-electron chi connectivity index (χ4n) is 1.92. The zero-order valence-electron chi connectivity index (χ0n) is 11.1. The van der Waals surface area contributed by atoms with Gasteiger partial charge < -0.3 is 14.0 Å². The summed E-state index contributed by atoms with van der Waals surface area (Å²) >= 11 is 0. The fraction of sp³-hybridized carbons (Fsp3) is 0.455. The average molecular weight is 301 g/mol. The van der Waals surface area contributed by atoms with Crippen LogP contribution < -0.4 is 4.72 Å². The number of aromatic nitrogens is 2. The summed E-state index contributed by atoms with van der Waals surface area (Å²) in [6.45, 7) is 2.87. The van der Waals surface area contributed by atoms with E-state index in [4.69, 9.17) is 4.42 Å². The number of aliphatic hydroxyl groups is 1. The molecule has 8 nitrogen and oxygen atoms in total. The van der Waals surface area contributed by atoms with Crippen LogP contribution in [0.5, 0.6) is 0 Å². The summed E-state index contributed by atoms with van der Waals surface area (Å²) < 4.78 is 36.7. The molecular weight excluding hydrogens is 286 g/mol. The summed E-state index contributed by atoms with van der Waals surface area (Å²) in [5, 5.41) is 12.9. The van der Waals surface area contributed by atoms with Crippen molar-refractivity contribution in [2.75, 3.05) is 6.54 Å². The maximum Gasteiger partial charge on any atom is 0.244 e. The van der Waals surface area contributed by atoms with Crippen LogP contribution in [0.15, 0.2) is 20.2 Å². The summed E-state index contributed by atoms with van der Waals surface area (Å²) in [6.07, 6.45) is 1.48. The Hall–Kier alpha value is -1.71. The van der Waals surface area contributed by atoms with Crippen LogP contribution in [0.3, 0.4) is 0 Å². The molecule has 9 heteroatoms. The minimum absolute atomic E-state index is 0.00869. The summed E-state index contributed by atoms with van der Waals surface area (Å²) in [5.41, 5.74) is 0.273. The molecule has 0 aliphatic heterocycles. The SMILES string of the molecule is Cc1oc(C)c(S(=O)(=O)NCCc2ncon2)c1CO. The Morgan fingerprint density at radius 3 is 2.70 bits per heavy atom. The van der Waals surface area contributed by atoms with Gasteiger partial charge >= 0.3 is 0 Å². The van der Waals surface area contributed by atoms with Gasteiger partial charge in [0.15, 0.2) is 5.82 Å². The zero-order chi connectivity index (χ0) is 14.8. The predicted octanol–water partition coefficient (Wildman–Crippen LogP) is 0.293. The molecule has 2 rings (SSSR count). The van der Waals surface area contributed by atoms with Gasteiger partial charge in [0.2, 0.25) is 16.4 Å². The Balaban J connectivity index is 2.14. The third-order valence-corrected chi connectivity index (χ3v) is 4.45. The summed E-state index contributed by atoms with van der Waals surface area (Å²) in [4.78, 5) is 3.78. The third kappa shape index (κ3) is 2.89. The van der Waals surface area contributed by atoms with Crippen molar-refractivity contribution in [3.63, 3.8) is 0 Å². The standard InChI is InChI=1S/C11H15N3O5S/c1-7-9(5-15)11(8(2)19-7)20(16,17)13-4-3-10-12-6-18-14-10/h6,13,15H,3-5H2,1-2H3. The Kier molecular flexibility index (Phi) is 4.21. The maximum absolute atomic E-state index is 12.2. The maximum atomic E-state index is 12.2. The van der Waals surface area contributed by atoms with Gasteiger partial charge in [-0.3, -0.25) is 0 Å². The largest absolute Gasteiger partial charge is 0.465 e. The van der Waals surface area contributed by atoms with Crippen LogP contribution in [-0.2, 0) is 23.1 Å². The van der Waals surface area contributed by atoms with Gasteiger partial charge in [-0.15, -0.1) is 0 Å². The quantitative estimate of drug-likeness (QED) is 0.787. The normalized spacial score (nSPS) is 11.9. The number of rotatable bonds is 6. The fourth-order valence-corrected chi connectivity index (χ4v) is 3.38. The Morgan fingerprint density at radius 2 is 2.10 bits per heavy atom. The average Bonchev–Trinajstić information content (AvgIpc) is 2.96. The number of hydrogen-bond acceptors (Lipinski definition) is 7. The van der Waals surface area contributed by atoms with E-state index in [1.54, 1.807) is 13.8 Å². The van der Waals surface area contributed by atoms with E-state index in [2.05, 4.69) is 19.4 Å². The molecule has 0 spiro atoms. The van der Waals surface area contributed by atoms with Gasteiger partial charge in [-0.1, -0.05) is 5.16 Å². The topological polar surface area (TPSA) is 118 Å². The van der Waals surface area contributed by atoms with Crippen molar-refractivity contribution < 1.29 is 22.5 Å². The second kappa shape index (κ2) is 5.73. The molecule has 2 aromatic rings. The first kappa shape index (κ1) is 14.7. The highest BCUT2D eigenvalue weighted by Gasteiger charge is 2.26. The van der Waals surface area contributed by atoms with Crippen LogP contribution >= 0.6 is 0 Å². The Labute approximate surface area is 115 Å². The van der Waals surface area contributed by atoms with Gasteiger partial charge in [0.05, 0.1) is 6.61 Å². The van der Waals surface area contributed by atoms with Crippen molar-refractivity contribution in [1.82, 2.24) is 14.9 Å². The number of sulfonamides is 1. The smallest absolute Gasteiger partial charge is 0.244 e. The number of hydrogen-bond donors (Lipinski definition) is 2. The van der Waals surface area contributed by atoms with E-state index in [0.29, 0.717) is 18.0 Å². The molecule has 2 N–H and O–H groups in total. The van der Waals surface area contributed by atoms with Gasteiger partial charge in [0.25, 0.3) is 0 Å². The van der Waals surface area contributed by atoms with Crippen LogP contribution in [0.4, 0.5) is 0 Å². The summed E-state index contributed by atoms with van der Waals surface area (Å²) in [7, 11) is -3.76. The molecule has 20 heavy (non-hydrogen) atoms. The van der Waals surface area contributed by atoms with Gasteiger partial charge in [-0.05, 0) is 13.8 Å². The first-order valence-electron chi connectivity index (χ1n) is 5.90. The van der Waals surface area contributed by atoms with E-state index in [1.165, 1.54) is 6.39 Å². The van der Waals surface area contributed by atoms with E-state index in [-0.39, 0.29) is 22.8 Å². The molecule has 0 aromatic carbocycles. The van der Waals surface area contributed by atoms with Gasteiger partial charge in [0, 0.05) is 18.5 Å². The van der Waals surface area contributed by atoms with E-state index in [9.17, 15) is 13.5 Å². The molecule has 110 valence electrons. The zero-order valence-corrected chi connectivity index (χ0v) is 11.9. The van der Waals surface area contributed by atoms with Crippen molar-refractivity contribution in [2.45, 2.75) is 31.8 Å². The van der Waals surface area contributed by atoms with Crippen molar-refractivity contribution in [1.29, 1.82) is 0 Å². The van der Waals surface area contributed by atoms with Crippen molar-refractivity contribution in [3.8, 4) is 0 Å².